The number of hydrogen-bond acceptors (Lipinski definition) is 3. The largest absolute Gasteiger partial charge is 0.379 e. The van der Waals surface area contributed by atoms with Crippen LogP contribution in [0.25, 0.3) is 0 Å². The topological polar surface area (TPSA) is 62.9 Å². The minimum absolute atomic E-state index is 0. The lowest BCUT2D eigenvalue weighted by atomic mass is 10.1. The molecule has 0 saturated carbocycles. The summed E-state index contributed by atoms with van der Waals surface area (Å²) in [5, 5.41) is 3.05. The normalized spacial score (nSPS) is 16.6. The third-order valence-corrected chi connectivity index (χ3v) is 3.25. The molecule has 0 unspecified atom stereocenters. The standard InChI is InChI=1S/C14H22N4O.HI/c1-16-14(15)17-10-12-2-4-13(5-3-12)11-18-6-8-19-9-7-18;/h2-5H,6-11H2,1H3,(H3,15,16,17);1H. The van der Waals surface area contributed by atoms with Crippen LogP contribution in [-0.4, -0.2) is 44.2 Å². The van der Waals surface area contributed by atoms with E-state index in [1.54, 1.807) is 7.05 Å². The summed E-state index contributed by atoms with van der Waals surface area (Å²) < 4.78 is 5.35. The summed E-state index contributed by atoms with van der Waals surface area (Å²) in [6.07, 6.45) is 0. The van der Waals surface area contributed by atoms with Crippen LogP contribution in [-0.2, 0) is 17.8 Å². The molecule has 1 fully saturated rings. The van der Waals surface area contributed by atoms with Gasteiger partial charge in [-0.15, -0.1) is 24.0 Å². The van der Waals surface area contributed by atoms with Crippen LogP contribution in [0, 0.1) is 0 Å². The molecule has 0 spiro atoms. The van der Waals surface area contributed by atoms with Crippen LogP contribution >= 0.6 is 24.0 Å². The Labute approximate surface area is 137 Å². The second-order valence-corrected chi connectivity index (χ2v) is 4.67. The highest BCUT2D eigenvalue weighted by Crippen LogP contribution is 2.09. The van der Waals surface area contributed by atoms with Crippen molar-refractivity contribution in [2.75, 3.05) is 33.4 Å². The number of rotatable bonds is 4. The number of hydrogen-bond donors (Lipinski definition) is 2. The zero-order chi connectivity index (χ0) is 13.5. The molecule has 0 amide bonds. The highest BCUT2D eigenvalue weighted by atomic mass is 127. The van der Waals surface area contributed by atoms with Crippen LogP contribution in [0.15, 0.2) is 29.3 Å². The molecular formula is C14H23IN4O. The number of nitrogens with two attached hydrogens (primary N) is 1. The Bertz CT molecular complexity index is 416. The van der Waals surface area contributed by atoms with Gasteiger partial charge in [0.05, 0.1) is 13.2 Å². The van der Waals surface area contributed by atoms with Crippen LogP contribution in [0.5, 0.6) is 0 Å². The predicted octanol–water partition coefficient (Wildman–Crippen LogP) is 1.17. The molecule has 112 valence electrons. The molecule has 2 rings (SSSR count). The van der Waals surface area contributed by atoms with E-state index in [4.69, 9.17) is 10.5 Å². The lowest BCUT2D eigenvalue weighted by Crippen LogP contribution is -2.35. The van der Waals surface area contributed by atoms with E-state index in [0.717, 1.165) is 32.8 Å². The van der Waals surface area contributed by atoms with Crippen LogP contribution < -0.4 is 11.1 Å². The van der Waals surface area contributed by atoms with Gasteiger partial charge in [0.1, 0.15) is 0 Å². The van der Waals surface area contributed by atoms with Crippen molar-refractivity contribution in [2.24, 2.45) is 10.7 Å². The summed E-state index contributed by atoms with van der Waals surface area (Å²) in [4.78, 5) is 6.28. The van der Waals surface area contributed by atoms with Crippen LogP contribution in [0.4, 0.5) is 0 Å². The maximum Gasteiger partial charge on any atom is 0.188 e. The molecule has 0 radical (unpaired) electrons. The van der Waals surface area contributed by atoms with E-state index in [1.807, 2.05) is 0 Å². The number of halogens is 1. The number of ether oxygens (including phenoxy) is 1. The van der Waals surface area contributed by atoms with Crippen molar-refractivity contribution >= 4 is 29.9 Å². The van der Waals surface area contributed by atoms with Gasteiger partial charge in [-0.25, -0.2) is 0 Å². The molecule has 0 bridgehead atoms. The first kappa shape index (κ1) is 17.2. The predicted molar refractivity (Wildman–Crippen MR) is 92.3 cm³/mol. The highest BCUT2D eigenvalue weighted by Gasteiger charge is 2.10. The van der Waals surface area contributed by atoms with Crippen LogP contribution in [0.1, 0.15) is 11.1 Å². The van der Waals surface area contributed by atoms with E-state index >= 15 is 0 Å². The molecule has 1 heterocycles. The molecule has 20 heavy (non-hydrogen) atoms. The van der Waals surface area contributed by atoms with Gasteiger partial charge >= 0.3 is 0 Å². The molecule has 1 aliphatic rings. The van der Waals surface area contributed by atoms with Crippen molar-refractivity contribution in [3.8, 4) is 0 Å². The van der Waals surface area contributed by atoms with E-state index in [9.17, 15) is 0 Å². The average molecular weight is 390 g/mol. The summed E-state index contributed by atoms with van der Waals surface area (Å²) >= 11 is 0. The maximum absolute atomic E-state index is 5.59. The molecular weight excluding hydrogens is 367 g/mol. The summed E-state index contributed by atoms with van der Waals surface area (Å²) in [7, 11) is 1.67. The van der Waals surface area contributed by atoms with Gasteiger partial charge in [-0.05, 0) is 11.1 Å². The number of nitrogens with one attached hydrogen (secondary N) is 1. The summed E-state index contributed by atoms with van der Waals surface area (Å²) in [6.45, 7) is 5.44. The fourth-order valence-electron chi connectivity index (χ4n) is 2.05. The molecule has 0 atom stereocenters. The minimum atomic E-state index is 0. The van der Waals surface area contributed by atoms with Crippen LogP contribution in [0.2, 0.25) is 0 Å². The van der Waals surface area contributed by atoms with Gasteiger partial charge in [0.2, 0.25) is 0 Å². The summed E-state index contributed by atoms with van der Waals surface area (Å²) in [5.41, 5.74) is 8.14. The first-order chi connectivity index (χ1) is 9.28. The average Bonchev–Trinajstić information content (AvgIpc) is 2.47. The first-order valence-electron chi connectivity index (χ1n) is 6.62. The third kappa shape index (κ3) is 5.64. The zero-order valence-corrected chi connectivity index (χ0v) is 14.2. The number of aliphatic imine (C=N–C) groups is 1. The summed E-state index contributed by atoms with van der Waals surface area (Å²) in [5.74, 6) is 0.470. The number of benzene rings is 1. The van der Waals surface area contributed by atoms with Gasteiger partial charge in [0, 0.05) is 33.2 Å². The van der Waals surface area contributed by atoms with Crippen molar-refractivity contribution < 1.29 is 4.74 Å². The minimum Gasteiger partial charge on any atom is -0.379 e. The van der Waals surface area contributed by atoms with E-state index in [2.05, 4.69) is 39.5 Å². The van der Waals surface area contributed by atoms with Gasteiger partial charge in [-0.3, -0.25) is 9.89 Å². The second kappa shape index (κ2) is 9.15. The van der Waals surface area contributed by atoms with Crippen LogP contribution in [0.3, 0.4) is 0 Å². The zero-order valence-electron chi connectivity index (χ0n) is 11.8. The molecule has 0 aromatic heterocycles. The van der Waals surface area contributed by atoms with Gasteiger partial charge in [-0.1, -0.05) is 24.3 Å². The molecule has 1 aromatic carbocycles. The molecule has 6 heteroatoms. The van der Waals surface area contributed by atoms with Crippen molar-refractivity contribution in [1.29, 1.82) is 0 Å². The SMILES string of the molecule is CN=C(N)NCc1ccc(CN2CCOCC2)cc1.I. The third-order valence-electron chi connectivity index (χ3n) is 3.25. The molecule has 1 aromatic rings. The maximum atomic E-state index is 5.59. The summed E-state index contributed by atoms with van der Waals surface area (Å²) in [6, 6.07) is 8.61. The van der Waals surface area contributed by atoms with Crippen molar-refractivity contribution in [2.45, 2.75) is 13.1 Å². The van der Waals surface area contributed by atoms with Crippen molar-refractivity contribution in [3.63, 3.8) is 0 Å². The monoisotopic (exact) mass is 390 g/mol. The van der Waals surface area contributed by atoms with E-state index < -0.39 is 0 Å². The quantitative estimate of drug-likeness (QED) is 0.461. The Balaban J connectivity index is 0.00000200. The number of nitrogens with zero attached hydrogens (tertiary/aromatic N) is 2. The van der Waals surface area contributed by atoms with Gasteiger partial charge in [0.25, 0.3) is 0 Å². The Morgan fingerprint density at radius 1 is 1.25 bits per heavy atom. The van der Waals surface area contributed by atoms with Crippen molar-refractivity contribution in [3.05, 3.63) is 35.4 Å². The molecule has 5 nitrogen and oxygen atoms in total. The Kier molecular flexibility index (Phi) is 7.86. The highest BCUT2D eigenvalue weighted by molar-refractivity contribution is 14.0. The van der Waals surface area contributed by atoms with E-state index in [-0.39, 0.29) is 24.0 Å². The van der Waals surface area contributed by atoms with Gasteiger partial charge in [0.15, 0.2) is 5.96 Å². The Morgan fingerprint density at radius 3 is 2.45 bits per heavy atom. The van der Waals surface area contributed by atoms with Gasteiger partial charge < -0.3 is 15.8 Å². The molecule has 0 aliphatic carbocycles. The molecule has 1 saturated heterocycles. The first-order valence-corrected chi connectivity index (χ1v) is 6.62. The second-order valence-electron chi connectivity index (χ2n) is 4.67. The van der Waals surface area contributed by atoms with Gasteiger partial charge in [-0.2, -0.15) is 0 Å². The van der Waals surface area contributed by atoms with E-state index in [1.165, 1.54) is 11.1 Å². The Hall–Kier alpha value is -0.860. The smallest absolute Gasteiger partial charge is 0.188 e. The van der Waals surface area contributed by atoms with Crippen molar-refractivity contribution in [1.82, 2.24) is 10.2 Å². The Morgan fingerprint density at radius 2 is 1.85 bits per heavy atom. The number of guanidine groups is 1. The number of morpholine rings is 1. The lowest BCUT2D eigenvalue weighted by molar-refractivity contribution is 0.0342. The fraction of sp³-hybridized carbons (Fsp3) is 0.500. The fourth-order valence-corrected chi connectivity index (χ4v) is 2.05. The van der Waals surface area contributed by atoms with E-state index in [0.29, 0.717) is 12.5 Å². The molecule has 1 aliphatic heterocycles. The lowest BCUT2D eigenvalue weighted by Gasteiger charge is -2.26. The molecule has 3 N–H and O–H groups in total.